The van der Waals surface area contributed by atoms with Crippen molar-refractivity contribution in [2.24, 2.45) is 0 Å². The summed E-state index contributed by atoms with van der Waals surface area (Å²) in [6.07, 6.45) is 0. The summed E-state index contributed by atoms with van der Waals surface area (Å²) in [5.41, 5.74) is 0.950. The third-order valence-corrected chi connectivity index (χ3v) is 3.94. The van der Waals surface area contributed by atoms with Crippen molar-refractivity contribution in [3.63, 3.8) is 0 Å². The van der Waals surface area contributed by atoms with Crippen LogP contribution in [0.5, 0.6) is 0 Å². The van der Waals surface area contributed by atoms with Crippen LogP contribution in [0.4, 0.5) is 8.78 Å². The highest BCUT2D eigenvalue weighted by Gasteiger charge is 2.04. The Morgan fingerprint density at radius 1 is 1.00 bits per heavy atom. The second-order valence-electron chi connectivity index (χ2n) is 3.47. The molecule has 2 aromatic rings. The van der Waals surface area contributed by atoms with Gasteiger partial charge in [0.2, 0.25) is 0 Å². The Morgan fingerprint density at radius 2 is 1.76 bits per heavy atom. The van der Waals surface area contributed by atoms with Crippen molar-refractivity contribution >= 4 is 27.7 Å². The fourth-order valence-electron chi connectivity index (χ4n) is 1.35. The van der Waals surface area contributed by atoms with E-state index in [1.54, 1.807) is 30.3 Å². The van der Waals surface area contributed by atoms with Crippen LogP contribution in [0.25, 0.3) is 0 Å². The molecule has 0 unspecified atom stereocenters. The maximum atomic E-state index is 13.3. The molecule has 0 N–H and O–H groups in total. The zero-order chi connectivity index (χ0) is 12.3. The van der Waals surface area contributed by atoms with Gasteiger partial charge in [-0.05, 0) is 45.8 Å². The highest BCUT2D eigenvalue weighted by molar-refractivity contribution is 9.10. The molecule has 0 nitrogen and oxygen atoms in total. The van der Waals surface area contributed by atoms with Crippen LogP contribution in [0.15, 0.2) is 51.8 Å². The van der Waals surface area contributed by atoms with Crippen molar-refractivity contribution in [3.8, 4) is 0 Å². The first-order valence-corrected chi connectivity index (χ1v) is 6.76. The van der Waals surface area contributed by atoms with E-state index in [0.29, 0.717) is 15.1 Å². The summed E-state index contributed by atoms with van der Waals surface area (Å²) in [7, 11) is 0. The molecule has 0 aromatic heterocycles. The van der Waals surface area contributed by atoms with E-state index in [9.17, 15) is 8.78 Å². The quantitative estimate of drug-likeness (QED) is 0.717. The highest BCUT2D eigenvalue weighted by Crippen LogP contribution is 2.26. The normalized spacial score (nSPS) is 10.5. The zero-order valence-corrected chi connectivity index (χ0v) is 11.2. The molecule has 88 valence electrons. The van der Waals surface area contributed by atoms with E-state index in [2.05, 4.69) is 15.9 Å². The minimum absolute atomic E-state index is 0.223. The second kappa shape index (κ2) is 5.65. The van der Waals surface area contributed by atoms with Crippen LogP contribution in [-0.2, 0) is 5.75 Å². The van der Waals surface area contributed by atoms with E-state index in [1.807, 2.05) is 0 Å². The van der Waals surface area contributed by atoms with Crippen LogP contribution >= 0.6 is 27.7 Å². The first-order valence-electron chi connectivity index (χ1n) is 4.98. The van der Waals surface area contributed by atoms with Crippen molar-refractivity contribution in [2.75, 3.05) is 0 Å². The number of benzene rings is 2. The van der Waals surface area contributed by atoms with Gasteiger partial charge in [0.25, 0.3) is 0 Å². The van der Waals surface area contributed by atoms with Gasteiger partial charge in [-0.25, -0.2) is 8.78 Å². The SMILES string of the molecule is Fc1ccc(CSc2ccccc2F)cc1Br. The van der Waals surface area contributed by atoms with E-state index < -0.39 is 0 Å². The van der Waals surface area contributed by atoms with E-state index in [1.165, 1.54) is 23.9 Å². The Hall–Kier alpha value is -0.870. The molecule has 0 aliphatic rings. The number of thioether (sulfide) groups is 1. The molecule has 0 aliphatic heterocycles. The number of hydrogen-bond acceptors (Lipinski definition) is 1. The predicted molar refractivity (Wildman–Crippen MR) is 70.1 cm³/mol. The first kappa shape index (κ1) is 12.6. The molecule has 0 aliphatic carbocycles. The zero-order valence-electron chi connectivity index (χ0n) is 8.79. The summed E-state index contributed by atoms with van der Waals surface area (Å²) < 4.78 is 26.8. The lowest BCUT2D eigenvalue weighted by molar-refractivity contribution is 0.602. The lowest BCUT2D eigenvalue weighted by atomic mass is 10.2. The molecule has 17 heavy (non-hydrogen) atoms. The predicted octanol–water partition coefficient (Wildman–Crippen LogP) is 5.02. The van der Waals surface area contributed by atoms with Crippen molar-refractivity contribution in [2.45, 2.75) is 10.6 Å². The van der Waals surface area contributed by atoms with Gasteiger partial charge in [-0.15, -0.1) is 11.8 Å². The van der Waals surface area contributed by atoms with Crippen molar-refractivity contribution in [3.05, 3.63) is 64.1 Å². The molecule has 0 saturated carbocycles. The largest absolute Gasteiger partial charge is 0.206 e. The van der Waals surface area contributed by atoms with Crippen LogP contribution in [0.2, 0.25) is 0 Å². The minimum Gasteiger partial charge on any atom is -0.206 e. The fraction of sp³-hybridized carbons (Fsp3) is 0.0769. The third-order valence-electron chi connectivity index (χ3n) is 2.22. The molecule has 0 radical (unpaired) electrons. The van der Waals surface area contributed by atoms with Crippen LogP contribution < -0.4 is 0 Å². The van der Waals surface area contributed by atoms with Crippen LogP contribution in [-0.4, -0.2) is 0 Å². The average Bonchev–Trinajstić information content (AvgIpc) is 2.32. The average molecular weight is 315 g/mol. The summed E-state index contributed by atoms with van der Waals surface area (Å²) >= 11 is 4.52. The lowest BCUT2D eigenvalue weighted by Crippen LogP contribution is -1.85. The first-order chi connectivity index (χ1) is 8.16. The summed E-state index contributed by atoms with van der Waals surface area (Å²) in [4.78, 5) is 0.605. The third kappa shape index (κ3) is 3.30. The minimum atomic E-state index is -0.287. The maximum absolute atomic E-state index is 13.3. The number of rotatable bonds is 3. The van der Waals surface area contributed by atoms with Gasteiger partial charge in [0, 0.05) is 10.6 Å². The van der Waals surface area contributed by atoms with Gasteiger partial charge < -0.3 is 0 Å². The molecule has 2 rings (SSSR count). The smallest absolute Gasteiger partial charge is 0.137 e. The highest BCUT2D eigenvalue weighted by atomic mass is 79.9. The van der Waals surface area contributed by atoms with Gasteiger partial charge >= 0.3 is 0 Å². The van der Waals surface area contributed by atoms with Crippen LogP contribution in [0.1, 0.15) is 5.56 Å². The second-order valence-corrected chi connectivity index (χ2v) is 5.34. The van der Waals surface area contributed by atoms with Crippen molar-refractivity contribution < 1.29 is 8.78 Å². The van der Waals surface area contributed by atoms with E-state index in [0.717, 1.165) is 5.56 Å². The van der Waals surface area contributed by atoms with E-state index in [4.69, 9.17) is 0 Å². The molecule has 0 heterocycles. The van der Waals surface area contributed by atoms with Crippen molar-refractivity contribution in [1.29, 1.82) is 0 Å². The summed E-state index contributed by atoms with van der Waals surface area (Å²) in [6, 6.07) is 11.4. The van der Waals surface area contributed by atoms with E-state index >= 15 is 0 Å². The molecule has 0 saturated heterocycles. The van der Waals surface area contributed by atoms with Gasteiger partial charge in [0.05, 0.1) is 4.47 Å². The van der Waals surface area contributed by atoms with Gasteiger partial charge in [0.1, 0.15) is 11.6 Å². The Labute approximate surface area is 111 Å². The molecule has 4 heteroatoms. The standard InChI is InChI=1S/C13H9BrF2S/c14-10-7-9(5-6-11(10)15)8-17-13-4-2-1-3-12(13)16/h1-7H,8H2. The number of halogens is 3. The fourth-order valence-corrected chi connectivity index (χ4v) is 2.66. The van der Waals surface area contributed by atoms with Gasteiger partial charge in [-0.1, -0.05) is 18.2 Å². The Kier molecular flexibility index (Phi) is 4.18. The molecule has 0 atom stereocenters. The van der Waals surface area contributed by atoms with Gasteiger partial charge in [-0.2, -0.15) is 0 Å². The topological polar surface area (TPSA) is 0 Å². The van der Waals surface area contributed by atoms with Crippen molar-refractivity contribution in [1.82, 2.24) is 0 Å². The molecular weight excluding hydrogens is 306 g/mol. The summed E-state index contributed by atoms with van der Waals surface area (Å²) in [6.45, 7) is 0. The van der Waals surface area contributed by atoms with Gasteiger partial charge in [0.15, 0.2) is 0 Å². The molecule has 0 bridgehead atoms. The summed E-state index contributed by atoms with van der Waals surface area (Å²) in [5.74, 6) is 0.100. The number of hydrogen-bond donors (Lipinski definition) is 0. The molecule has 0 spiro atoms. The molecule has 0 amide bonds. The van der Waals surface area contributed by atoms with Crippen LogP contribution in [0.3, 0.4) is 0 Å². The molecule has 0 fully saturated rings. The molecular formula is C13H9BrF2S. The van der Waals surface area contributed by atoms with Crippen LogP contribution in [0, 0.1) is 11.6 Å². The Morgan fingerprint density at radius 3 is 2.47 bits per heavy atom. The summed E-state index contributed by atoms with van der Waals surface area (Å²) in [5, 5.41) is 0. The van der Waals surface area contributed by atoms with E-state index in [-0.39, 0.29) is 11.6 Å². The van der Waals surface area contributed by atoms with Gasteiger partial charge in [-0.3, -0.25) is 0 Å². The Balaban J connectivity index is 2.08. The monoisotopic (exact) mass is 314 g/mol. The maximum Gasteiger partial charge on any atom is 0.137 e. The Bertz CT molecular complexity index is 529. The molecule has 2 aromatic carbocycles. The lowest BCUT2D eigenvalue weighted by Gasteiger charge is -2.04.